The lowest BCUT2D eigenvalue weighted by molar-refractivity contribution is -0.384. The molecule has 0 bridgehead atoms. The van der Waals surface area contributed by atoms with Crippen LogP contribution in [-0.4, -0.2) is 19.1 Å². The maximum Gasteiger partial charge on any atom is 0.269 e. The first-order valence-corrected chi connectivity index (χ1v) is 8.70. The van der Waals surface area contributed by atoms with Gasteiger partial charge in [0.2, 0.25) is 9.26 Å². The molecule has 112 valence electrons. The van der Waals surface area contributed by atoms with Gasteiger partial charge < -0.3 is 0 Å². The highest BCUT2D eigenvalue weighted by Gasteiger charge is 2.26. The number of nitro groups is 1. The minimum Gasteiger partial charge on any atom is -0.289 e. The number of hydrogen-bond donors (Lipinski definition) is 0. The van der Waals surface area contributed by atoms with Crippen LogP contribution in [0.15, 0.2) is 45.7 Å². The summed E-state index contributed by atoms with van der Waals surface area (Å²) < 4.78 is 22.3. The second-order valence-electron chi connectivity index (χ2n) is 4.21. The highest BCUT2D eigenvalue weighted by molar-refractivity contribution is 8.37. The molecule has 0 aromatic heterocycles. The van der Waals surface area contributed by atoms with Gasteiger partial charge in [-0.05, 0) is 33.9 Å². The quantitative estimate of drug-likeness (QED) is 0.472. The molecule has 1 heterocycles. The molecule has 0 amide bonds. The summed E-state index contributed by atoms with van der Waals surface area (Å²) in [5.74, 6) is -0.536. The average molecular weight is 336 g/mol. The summed E-state index contributed by atoms with van der Waals surface area (Å²) in [5, 5.41) is 21.0. The van der Waals surface area contributed by atoms with Gasteiger partial charge in [0, 0.05) is 28.2 Å². The van der Waals surface area contributed by atoms with Crippen LogP contribution in [0, 0.1) is 21.4 Å². The maximum atomic E-state index is 12.4. The van der Waals surface area contributed by atoms with Crippen molar-refractivity contribution in [2.24, 2.45) is 0 Å². The van der Waals surface area contributed by atoms with Gasteiger partial charge in [0.15, 0.2) is 5.78 Å². The van der Waals surface area contributed by atoms with Crippen LogP contribution in [0.5, 0.6) is 0 Å². The molecule has 0 spiro atoms. The third kappa shape index (κ3) is 2.74. The normalized spacial score (nSPS) is 16.9. The van der Waals surface area contributed by atoms with Gasteiger partial charge in [0.25, 0.3) is 5.69 Å². The first-order valence-electron chi connectivity index (χ1n) is 5.82. The monoisotopic (exact) mass is 336 g/mol. The fourth-order valence-electron chi connectivity index (χ4n) is 1.88. The van der Waals surface area contributed by atoms with Crippen LogP contribution < -0.4 is 0 Å². The van der Waals surface area contributed by atoms with Crippen molar-refractivity contribution in [1.82, 2.24) is 0 Å². The van der Waals surface area contributed by atoms with Crippen LogP contribution in [0.2, 0.25) is 0 Å². The van der Waals surface area contributed by atoms with Gasteiger partial charge in [-0.15, -0.1) is 0 Å². The fraction of sp³-hybridized carbons (Fsp3) is 0.0769. The van der Waals surface area contributed by atoms with E-state index in [4.69, 9.17) is 5.26 Å². The van der Waals surface area contributed by atoms with Crippen molar-refractivity contribution in [3.8, 4) is 6.07 Å². The number of hydrogen-bond acceptors (Lipinski definition) is 6. The molecular weight excluding hydrogens is 328 g/mol. The Balaban J connectivity index is 2.51. The van der Waals surface area contributed by atoms with E-state index in [1.165, 1.54) is 36.6 Å². The molecule has 0 fully saturated rings. The number of carbonyl (C=O) groups excluding carboxylic acids is 1. The van der Waals surface area contributed by atoms with Gasteiger partial charge in [-0.3, -0.25) is 14.9 Å². The van der Waals surface area contributed by atoms with Crippen molar-refractivity contribution in [2.75, 3.05) is 0 Å². The third-order valence-corrected chi connectivity index (χ3v) is 6.46. The van der Waals surface area contributed by atoms with E-state index in [-0.39, 0.29) is 22.4 Å². The molecule has 1 aromatic rings. The smallest absolute Gasteiger partial charge is 0.269 e. The standard InChI is InChI=1S/C13H8N2O5S2/c1-8-11(6-14)12(7-21(8)22(19)20)13(16)9-2-4-10(5-3-9)15(17)18/h2-5,7H,1H3. The van der Waals surface area contributed by atoms with E-state index in [0.29, 0.717) is 4.91 Å². The van der Waals surface area contributed by atoms with Crippen LogP contribution >= 0.6 is 0 Å². The van der Waals surface area contributed by atoms with Gasteiger partial charge in [-0.25, -0.2) is 0 Å². The fourth-order valence-corrected chi connectivity index (χ4v) is 4.52. The van der Waals surface area contributed by atoms with Crippen molar-refractivity contribution in [3.05, 3.63) is 61.4 Å². The minimum absolute atomic E-state index is 0.0152. The summed E-state index contributed by atoms with van der Waals surface area (Å²) in [7, 11) is -3.75. The molecular formula is C13H8N2O5S2. The van der Waals surface area contributed by atoms with E-state index < -0.39 is 29.4 Å². The number of ketones is 1. The van der Waals surface area contributed by atoms with E-state index in [9.17, 15) is 23.3 Å². The maximum absolute atomic E-state index is 12.4. The number of non-ortho nitro benzene ring substituents is 1. The first kappa shape index (κ1) is 15.8. The lowest BCUT2D eigenvalue weighted by atomic mass is 9.99. The third-order valence-electron chi connectivity index (χ3n) is 2.99. The summed E-state index contributed by atoms with van der Waals surface area (Å²) >= 11 is 0. The predicted octanol–water partition coefficient (Wildman–Crippen LogP) is 1.88. The van der Waals surface area contributed by atoms with Crippen LogP contribution in [0.25, 0.3) is 0 Å². The molecule has 0 saturated heterocycles. The van der Waals surface area contributed by atoms with Crippen molar-refractivity contribution in [2.45, 2.75) is 6.92 Å². The number of Topliss-reactive ketones (excluding diaryl/α,β-unsaturated/α-hetero) is 1. The zero-order valence-electron chi connectivity index (χ0n) is 11.1. The topological polar surface area (TPSA) is 118 Å². The summed E-state index contributed by atoms with van der Waals surface area (Å²) in [6.07, 6.45) is 0. The average Bonchev–Trinajstić information content (AvgIpc) is 2.83. The lowest BCUT2D eigenvalue weighted by Crippen LogP contribution is -2.04. The van der Waals surface area contributed by atoms with Gasteiger partial charge in [0.1, 0.15) is 6.07 Å². The van der Waals surface area contributed by atoms with E-state index in [2.05, 4.69) is 0 Å². The number of nitrogens with zero attached hydrogens (tertiary/aromatic N) is 2. The molecule has 1 aromatic carbocycles. The molecule has 1 atom stereocenters. The number of nitriles is 1. The summed E-state index contributed by atoms with van der Waals surface area (Å²) in [4.78, 5) is 22.7. The Bertz CT molecular complexity index is 924. The van der Waals surface area contributed by atoms with Crippen molar-refractivity contribution in [1.29, 1.82) is 5.26 Å². The van der Waals surface area contributed by atoms with Crippen LogP contribution in [0.3, 0.4) is 0 Å². The molecule has 0 saturated carbocycles. The molecule has 0 aliphatic carbocycles. The summed E-state index contributed by atoms with van der Waals surface area (Å²) in [6.45, 7) is 1.49. The van der Waals surface area contributed by atoms with Gasteiger partial charge in [-0.2, -0.15) is 13.7 Å². The SMILES string of the molecule is CC1=C(C#N)C(C(=O)c2ccc([N+](=O)[O-])cc2)=CS1=S(=O)=O. The Labute approximate surface area is 128 Å². The molecule has 1 aliphatic rings. The van der Waals surface area contributed by atoms with Gasteiger partial charge >= 0.3 is 0 Å². The second-order valence-corrected chi connectivity index (χ2v) is 7.95. The molecule has 9 heteroatoms. The summed E-state index contributed by atoms with van der Waals surface area (Å²) in [5.41, 5.74) is 0.0430. The van der Waals surface area contributed by atoms with Crippen LogP contribution in [0.1, 0.15) is 17.3 Å². The Hall–Kier alpha value is -2.57. The molecule has 7 nitrogen and oxygen atoms in total. The van der Waals surface area contributed by atoms with Crippen molar-refractivity contribution in [3.63, 3.8) is 0 Å². The molecule has 1 aliphatic heterocycles. The zero-order chi connectivity index (χ0) is 16.4. The number of benzene rings is 1. The Kier molecular flexibility index (Phi) is 4.35. The van der Waals surface area contributed by atoms with E-state index >= 15 is 0 Å². The number of allylic oxidation sites excluding steroid dienone is 3. The Morgan fingerprint density at radius 2 is 1.91 bits per heavy atom. The summed E-state index contributed by atoms with van der Waals surface area (Å²) in [6, 6.07) is 6.75. The molecule has 2 rings (SSSR count). The van der Waals surface area contributed by atoms with Gasteiger partial charge in [0.05, 0.1) is 10.5 Å². The molecule has 0 radical (unpaired) electrons. The van der Waals surface area contributed by atoms with Crippen molar-refractivity contribution < 1.29 is 18.1 Å². The van der Waals surface area contributed by atoms with E-state index in [0.717, 1.165) is 0 Å². The number of nitro benzene ring substituents is 1. The molecule has 22 heavy (non-hydrogen) atoms. The molecule has 0 N–H and O–H groups in total. The highest BCUT2D eigenvalue weighted by Crippen LogP contribution is 2.29. The molecule has 1 unspecified atom stereocenters. The van der Waals surface area contributed by atoms with Crippen LogP contribution in [-0.2, 0) is 18.7 Å². The van der Waals surface area contributed by atoms with E-state index in [1.807, 2.05) is 6.07 Å². The zero-order valence-corrected chi connectivity index (χ0v) is 12.8. The Morgan fingerprint density at radius 1 is 1.32 bits per heavy atom. The number of rotatable bonds is 3. The minimum atomic E-state index is -2.45. The Morgan fingerprint density at radius 3 is 2.36 bits per heavy atom. The highest BCUT2D eigenvalue weighted by atomic mass is 32.9. The second kappa shape index (κ2) is 6.05. The van der Waals surface area contributed by atoms with Crippen LogP contribution in [0.4, 0.5) is 5.69 Å². The number of carbonyl (C=O) groups is 1. The predicted molar refractivity (Wildman–Crippen MR) is 80.1 cm³/mol. The van der Waals surface area contributed by atoms with Crippen molar-refractivity contribution >= 4 is 30.2 Å². The largest absolute Gasteiger partial charge is 0.289 e. The first-order chi connectivity index (χ1) is 10.4. The van der Waals surface area contributed by atoms with Gasteiger partial charge in [-0.1, -0.05) is 0 Å². The lowest BCUT2D eigenvalue weighted by Gasteiger charge is -2.01. The van der Waals surface area contributed by atoms with E-state index in [1.54, 1.807) is 0 Å².